The van der Waals surface area contributed by atoms with E-state index in [-0.39, 0.29) is 29.1 Å². The van der Waals surface area contributed by atoms with Crippen molar-refractivity contribution in [1.82, 2.24) is 4.90 Å². The molecule has 2 N–H and O–H groups in total. The molecule has 1 aliphatic heterocycles. The number of aliphatic hydroxyl groups is 2. The number of ether oxygens (including phenoxy) is 1. The fourth-order valence-corrected chi connectivity index (χ4v) is 9.84. The maximum absolute atomic E-state index is 12.3. The van der Waals surface area contributed by atoms with Gasteiger partial charge in [-0.2, -0.15) is 0 Å². The van der Waals surface area contributed by atoms with Crippen molar-refractivity contribution < 1.29 is 19.7 Å². The van der Waals surface area contributed by atoms with Gasteiger partial charge < -0.3 is 19.8 Å². The van der Waals surface area contributed by atoms with Crippen LogP contribution in [0.5, 0.6) is 0 Å². The van der Waals surface area contributed by atoms with Crippen LogP contribution in [0.25, 0.3) is 0 Å². The van der Waals surface area contributed by atoms with Crippen LogP contribution < -0.4 is 0 Å². The number of aliphatic hydroxyl groups excluding tert-OH is 2. The predicted octanol–water partition coefficient (Wildman–Crippen LogP) is 5.09. The zero-order valence-electron chi connectivity index (χ0n) is 21.3. The molecular weight excluding hydrogens is 414 g/mol. The van der Waals surface area contributed by atoms with Crippen molar-refractivity contribution in [3.05, 3.63) is 0 Å². The van der Waals surface area contributed by atoms with Crippen molar-refractivity contribution in [3.63, 3.8) is 0 Å². The van der Waals surface area contributed by atoms with Gasteiger partial charge in [-0.05, 0) is 104 Å². The van der Waals surface area contributed by atoms with E-state index in [2.05, 4.69) is 27.7 Å². The van der Waals surface area contributed by atoms with Crippen molar-refractivity contribution >= 4 is 6.09 Å². The molecule has 1 heterocycles. The number of amides is 1. The van der Waals surface area contributed by atoms with E-state index in [9.17, 15) is 15.0 Å². The molecule has 5 fully saturated rings. The third-order valence-electron chi connectivity index (χ3n) is 11.7. The summed E-state index contributed by atoms with van der Waals surface area (Å²) in [4.78, 5) is 14.1. The van der Waals surface area contributed by atoms with Gasteiger partial charge in [-0.25, -0.2) is 4.79 Å². The van der Waals surface area contributed by atoms with Gasteiger partial charge in [0.25, 0.3) is 0 Å². The van der Waals surface area contributed by atoms with Gasteiger partial charge in [0.05, 0.1) is 18.8 Å². The number of likely N-dealkylation sites (tertiary alicyclic amines) is 1. The van der Waals surface area contributed by atoms with Crippen molar-refractivity contribution in [2.45, 2.75) is 97.7 Å². The lowest BCUT2D eigenvalue weighted by Crippen LogP contribution is -2.62. The van der Waals surface area contributed by atoms with E-state index in [1.165, 1.54) is 25.7 Å². The van der Waals surface area contributed by atoms with Crippen molar-refractivity contribution in [1.29, 1.82) is 0 Å². The molecule has 1 amide bonds. The van der Waals surface area contributed by atoms with Gasteiger partial charge in [0.2, 0.25) is 0 Å². The Labute approximate surface area is 200 Å². The third kappa shape index (κ3) is 3.66. The van der Waals surface area contributed by atoms with Crippen molar-refractivity contribution in [2.24, 2.45) is 52.3 Å². The Morgan fingerprint density at radius 3 is 2.39 bits per heavy atom. The first-order valence-electron chi connectivity index (χ1n) is 14.0. The highest BCUT2D eigenvalue weighted by Crippen LogP contribution is 2.69. The van der Waals surface area contributed by atoms with Gasteiger partial charge in [0.15, 0.2) is 0 Å². The smallest absolute Gasteiger partial charge is 0.409 e. The van der Waals surface area contributed by atoms with Gasteiger partial charge in [0, 0.05) is 13.1 Å². The zero-order valence-corrected chi connectivity index (χ0v) is 21.3. The number of hydrogen-bond acceptors (Lipinski definition) is 4. The number of rotatable bonds is 4. The summed E-state index contributed by atoms with van der Waals surface area (Å²) >= 11 is 0. The fourth-order valence-electron chi connectivity index (χ4n) is 9.84. The maximum Gasteiger partial charge on any atom is 0.409 e. The monoisotopic (exact) mass is 461 g/mol. The molecule has 188 valence electrons. The lowest BCUT2D eigenvalue weighted by Gasteiger charge is -2.64. The van der Waals surface area contributed by atoms with Gasteiger partial charge in [-0.3, -0.25) is 0 Å². The summed E-state index contributed by atoms with van der Waals surface area (Å²) in [6.07, 6.45) is 9.25. The largest absolute Gasteiger partial charge is 0.449 e. The first-order chi connectivity index (χ1) is 15.7. The quantitative estimate of drug-likeness (QED) is 0.612. The number of nitrogens with zero attached hydrogens (tertiary/aromatic N) is 1. The number of carbonyl (C=O) groups excluding carboxylic acids is 1. The number of fused-ring (bicyclic) bond motifs is 5. The topological polar surface area (TPSA) is 70.0 Å². The highest BCUT2D eigenvalue weighted by Gasteiger charge is 2.64. The van der Waals surface area contributed by atoms with Crippen LogP contribution in [-0.4, -0.2) is 53.1 Å². The molecule has 1 unspecified atom stereocenters. The summed E-state index contributed by atoms with van der Waals surface area (Å²) in [6.45, 7) is 11.7. The normalized spacial score (nSPS) is 49.9. The van der Waals surface area contributed by atoms with Crippen LogP contribution in [0, 0.1) is 52.3 Å². The lowest BCUT2D eigenvalue weighted by atomic mass is 9.41. The minimum Gasteiger partial charge on any atom is -0.449 e. The molecule has 5 nitrogen and oxygen atoms in total. The molecule has 11 atom stereocenters. The molecule has 33 heavy (non-hydrogen) atoms. The molecule has 0 radical (unpaired) electrons. The number of hydrogen-bond donors (Lipinski definition) is 2. The van der Waals surface area contributed by atoms with Crippen LogP contribution in [-0.2, 0) is 4.74 Å². The molecule has 4 saturated carbocycles. The highest BCUT2D eigenvalue weighted by molar-refractivity contribution is 5.68. The van der Waals surface area contributed by atoms with E-state index in [4.69, 9.17) is 4.74 Å². The summed E-state index contributed by atoms with van der Waals surface area (Å²) in [5.41, 5.74) is 0.474. The SMILES string of the molecule is CC[C@@H]1C2C[C@H](O)CC[C@]2(C)[C@H]2CC[C@]3(C)[C@@H]([C@H](C)COC(=O)N4CCC4)CC[C@H]3[C@@H]2[C@@H]1O. The molecule has 0 aromatic rings. The van der Waals surface area contributed by atoms with E-state index in [0.717, 1.165) is 45.2 Å². The Morgan fingerprint density at radius 2 is 1.73 bits per heavy atom. The van der Waals surface area contributed by atoms with E-state index in [1.807, 2.05) is 0 Å². The number of carbonyl (C=O) groups is 1. The average molecular weight is 462 g/mol. The Balaban J connectivity index is 1.34. The highest BCUT2D eigenvalue weighted by atomic mass is 16.6. The average Bonchev–Trinajstić information content (AvgIpc) is 3.09. The molecule has 5 heteroatoms. The van der Waals surface area contributed by atoms with Crippen LogP contribution in [0.3, 0.4) is 0 Å². The molecule has 0 bridgehead atoms. The summed E-state index contributed by atoms with van der Waals surface area (Å²) < 4.78 is 5.72. The Hall–Kier alpha value is -0.810. The van der Waals surface area contributed by atoms with Gasteiger partial charge >= 0.3 is 6.09 Å². The minimum absolute atomic E-state index is 0.136. The second-order valence-electron chi connectivity index (χ2n) is 13.0. The molecular formula is C28H47NO4. The standard InChI is InChI=1S/C28H47NO4/c1-5-19-23-15-18(30)9-11-28(23,4)22-10-12-27(3)20(7-8-21(27)24(22)25(19)31)17(2)16-33-26(32)29-13-6-14-29/h17-25,30-31H,5-16H2,1-4H3/t17-,18-,19-,20-,21+,22+,23?,24+,25-,27-,28-/m1/s1. The first-order valence-corrected chi connectivity index (χ1v) is 14.0. The Kier molecular flexibility index (Phi) is 6.30. The molecule has 0 spiro atoms. The first kappa shape index (κ1) is 23.9. The van der Waals surface area contributed by atoms with Crippen molar-refractivity contribution in [3.8, 4) is 0 Å². The molecule has 5 aliphatic rings. The molecule has 0 aromatic carbocycles. The van der Waals surface area contributed by atoms with E-state index in [1.54, 1.807) is 4.90 Å². The third-order valence-corrected chi connectivity index (χ3v) is 11.7. The molecule has 4 aliphatic carbocycles. The molecule has 5 rings (SSSR count). The lowest BCUT2D eigenvalue weighted by molar-refractivity contribution is -0.203. The van der Waals surface area contributed by atoms with Gasteiger partial charge in [-0.15, -0.1) is 0 Å². The summed E-state index contributed by atoms with van der Waals surface area (Å²) in [5, 5.41) is 22.3. The minimum atomic E-state index is -0.244. The van der Waals surface area contributed by atoms with Crippen LogP contribution in [0.1, 0.15) is 85.5 Å². The second-order valence-corrected chi connectivity index (χ2v) is 13.0. The predicted molar refractivity (Wildman–Crippen MR) is 128 cm³/mol. The second kappa shape index (κ2) is 8.69. The Bertz CT molecular complexity index is 739. The van der Waals surface area contributed by atoms with Crippen LogP contribution in [0.2, 0.25) is 0 Å². The van der Waals surface area contributed by atoms with Crippen LogP contribution >= 0.6 is 0 Å². The van der Waals surface area contributed by atoms with Crippen LogP contribution in [0.4, 0.5) is 4.79 Å². The van der Waals surface area contributed by atoms with Gasteiger partial charge in [0.1, 0.15) is 0 Å². The van der Waals surface area contributed by atoms with Crippen molar-refractivity contribution in [2.75, 3.05) is 19.7 Å². The van der Waals surface area contributed by atoms with E-state index < -0.39 is 0 Å². The van der Waals surface area contributed by atoms with E-state index >= 15 is 0 Å². The summed E-state index contributed by atoms with van der Waals surface area (Å²) in [7, 11) is 0. The fraction of sp³-hybridized carbons (Fsp3) is 0.964. The summed E-state index contributed by atoms with van der Waals surface area (Å²) in [5.74, 6) is 3.18. The molecule has 0 aromatic heterocycles. The molecule has 1 saturated heterocycles. The zero-order chi connectivity index (χ0) is 23.5. The summed E-state index contributed by atoms with van der Waals surface area (Å²) in [6, 6.07) is 0. The van der Waals surface area contributed by atoms with E-state index in [0.29, 0.717) is 48.0 Å². The maximum atomic E-state index is 12.3. The van der Waals surface area contributed by atoms with Gasteiger partial charge in [-0.1, -0.05) is 34.1 Å². The Morgan fingerprint density at radius 1 is 1.03 bits per heavy atom. The van der Waals surface area contributed by atoms with Crippen LogP contribution in [0.15, 0.2) is 0 Å².